The van der Waals surface area contributed by atoms with E-state index in [9.17, 15) is 4.79 Å². The molecule has 0 spiro atoms. The normalized spacial score (nSPS) is 14.5. The van der Waals surface area contributed by atoms with Gasteiger partial charge in [-0.3, -0.25) is 4.79 Å². The van der Waals surface area contributed by atoms with Crippen LogP contribution in [0.5, 0.6) is 5.88 Å². The van der Waals surface area contributed by atoms with Crippen molar-refractivity contribution in [3.8, 4) is 5.88 Å². The van der Waals surface area contributed by atoms with Gasteiger partial charge in [-0.1, -0.05) is 0 Å². The number of amides is 1. The van der Waals surface area contributed by atoms with E-state index in [1.54, 1.807) is 6.92 Å². The second-order valence-corrected chi connectivity index (χ2v) is 2.93. The lowest BCUT2D eigenvalue weighted by molar-refractivity contribution is -0.118. The van der Waals surface area contributed by atoms with Crippen molar-refractivity contribution in [1.29, 1.82) is 0 Å². The molecule has 2 rings (SSSR count). The fourth-order valence-electron chi connectivity index (χ4n) is 1.07. The lowest BCUT2D eigenvalue weighted by Crippen LogP contribution is -2.27. The number of carbonyl (C=O) groups excluding carboxylic acids is 1. The van der Waals surface area contributed by atoms with Crippen molar-refractivity contribution < 1.29 is 9.53 Å². The van der Waals surface area contributed by atoms with Gasteiger partial charge in [-0.15, -0.1) is 0 Å². The van der Waals surface area contributed by atoms with Crippen LogP contribution in [0.2, 0.25) is 5.28 Å². The summed E-state index contributed by atoms with van der Waals surface area (Å²) in [7, 11) is 0. The molecule has 0 aromatic carbocycles. The van der Waals surface area contributed by atoms with Crippen molar-refractivity contribution in [1.82, 2.24) is 9.97 Å². The van der Waals surface area contributed by atoms with Crippen molar-refractivity contribution in [3.05, 3.63) is 11.0 Å². The Balaban J connectivity index is 2.53. The van der Waals surface area contributed by atoms with E-state index in [0.29, 0.717) is 17.3 Å². The first kappa shape index (κ1) is 8.25. The predicted octanol–water partition coefficient (Wildman–Crippen LogP) is 0.769. The molecular formula is C7H6ClN3O2. The maximum Gasteiger partial charge on any atom is 0.262 e. The Morgan fingerprint density at radius 2 is 2.31 bits per heavy atom. The van der Waals surface area contributed by atoms with E-state index < -0.39 is 0 Å². The molecule has 1 aromatic heterocycles. The number of carbonyl (C=O) groups is 1. The zero-order chi connectivity index (χ0) is 9.42. The van der Waals surface area contributed by atoms with Gasteiger partial charge < -0.3 is 10.1 Å². The summed E-state index contributed by atoms with van der Waals surface area (Å²) in [6.45, 7) is 1.70. The van der Waals surface area contributed by atoms with Crippen LogP contribution in [0, 0.1) is 6.92 Å². The number of fused-ring (bicyclic) bond motifs is 1. The molecule has 1 N–H and O–H groups in total. The minimum Gasteiger partial charge on any atom is -0.466 e. The van der Waals surface area contributed by atoms with E-state index in [4.69, 9.17) is 16.3 Å². The third kappa shape index (κ3) is 1.42. The Hall–Kier alpha value is -1.36. The van der Waals surface area contributed by atoms with E-state index in [2.05, 4.69) is 15.3 Å². The fourth-order valence-corrected chi connectivity index (χ4v) is 1.28. The molecule has 1 aliphatic heterocycles. The first-order valence-electron chi connectivity index (χ1n) is 3.63. The number of halogens is 1. The van der Waals surface area contributed by atoms with Gasteiger partial charge in [0.05, 0.1) is 5.69 Å². The van der Waals surface area contributed by atoms with Gasteiger partial charge >= 0.3 is 0 Å². The monoisotopic (exact) mass is 199 g/mol. The quantitative estimate of drug-likeness (QED) is 0.627. The van der Waals surface area contributed by atoms with E-state index in [0.717, 1.165) is 0 Å². The number of nitrogens with zero attached hydrogens (tertiary/aromatic N) is 2. The maximum absolute atomic E-state index is 10.9. The molecule has 0 fully saturated rings. The Bertz CT molecular complexity index is 380. The zero-order valence-corrected chi connectivity index (χ0v) is 7.55. The summed E-state index contributed by atoms with van der Waals surface area (Å²) in [6, 6.07) is 0. The molecule has 2 heterocycles. The van der Waals surface area contributed by atoms with Crippen molar-refractivity contribution in [3.63, 3.8) is 0 Å². The molecule has 5 nitrogen and oxygen atoms in total. The van der Waals surface area contributed by atoms with Crippen LogP contribution in [0.15, 0.2) is 0 Å². The van der Waals surface area contributed by atoms with Gasteiger partial charge in [0.2, 0.25) is 11.2 Å². The average molecular weight is 200 g/mol. The van der Waals surface area contributed by atoms with Gasteiger partial charge in [0.1, 0.15) is 5.69 Å². The Morgan fingerprint density at radius 1 is 1.54 bits per heavy atom. The van der Waals surface area contributed by atoms with E-state index in [1.165, 1.54) is 0 Å². The number of hydrogen-bond acceptors (Lipinski definition) is 4. The number of ether oxygens (including phenoxy) is 1. The number of rotatable bonds is 0. The standard InChI is InChI=1S/C7H6ClN3O2/c1-3-5-6(11-7(8)9-3)13-2-4(12)10-5/h2H2,1H3,(H,10,12). The van der Waals surface area contributed by atoms with Crippen molar-refractivity contribution in [2.45, 2.75) is 6.92 Å². The molecule has 0 bridgehead atoms. The molecule has 1 aliphatic rings. The summed E-state index contributed by atoms with van der Waals surface area (Å²) in [5, 5.41) is 2.73. The lowest BCUT2D eigenvalue weighted by Gasteiger charge is -2.17. The van der Waals surface area contributed by atoms with Crippen LogP contribution in [0.4, 0.5) is 5.69 Å². The maximum atomic E-state index is 10.9. The third-order valence-corrected chi connectivity index (χ3v) is 1.80. The molecule has 0 unspecified atom stereocenters. The van der Waals surface area contributed by atoms with Crippen LogP contribution < -0.4 is 10.1 Å². The predicted molar refractivity (Wildman–Crippen MR) is 45.9 cm³/mol. The van der Waals surface area contributed by atoms with Crippen LogP contribution in [-0.4, -0.2) is 22.5 Å². The molecule has 68 valence electrons. The Morgan fingerprint density at radius 3 is 3.08 bits per heavy atom. The summed E-state index contributed by atoms with van der Waals surface area (Å²) in [4.78, 5) is 18.6. The van der Waals surface area contributed by atoms with Crippen molar-refractivity contribution in [2.75, 3.05) is 11.9 Å². The molecule has 1 amide bonds. The number of hydrogen-bond donors (Lipinski definition) is 1. The van der Waals surface area contributed by atoms with Crippen LogP contribution >= 0.6 is 11.6 Å². The van der Waals surface area contributed by atoms with E-state index in [-0.39, 0.29) is 17.8 Å². The highest BCUT2D eigenvalue weighted by atomic mass is 35.5. The van der Waals surface area contributed by atoms with Gasteiger partial charge in [0.25, 0.3) is 5.91 Å². The number of anilines is 1. The van der Waals surface area contributed by atoms with Gasteiger partial charge in [-0.2, -0.15) is 4.98 Å². The smallest absolute Gasteiger partial charge is 0.262 e. The minimum absolute atomic E-state index is 0.0280. The number of aryl methyl sites for hydroxylation is 1. The molecule has 0 saturated carbocycles. The van der Waals surface area contributed by atoms with Crippen molar-refractivity contribution in [2.24, 2.45) is 0 Å². The fraction of sp³-hybridized carbons (Fsp3) is 0.286. The molecular weight excluding hydrogens is 194 g/mol. The molecule has 0 radical (unpaired) electrons. The third-order valence-electron chi connectivity index (χ3n) is 1.63. The molecule has 1 aromatic rings. The first-order valence-corrected chi connectivity index (χ1v) is 4.01. The van der Waals surface area contributed by atoms with Crippen LogP contribution in [0.1, 0.15) is 5.69 Å². The Labute approximate surface area is 79.1 Å². The zero-order valence-electron chi connectivity index (χ0n) is 6.80. The number of aromatic nitrogens is 2. The lowest BCUT2D eigenvalue weighted by atomic mass is 10.3. The second-order valence-electron chi connectivity index (χ2n) is 2.60. The summed E-state index contributed by atoms with van der Waals surface area (Å²) < 4.78 is 5.05. The van der Waals surface area contributed by atoms with Crippen molar-refractivity contribution >= 4 is 23.2 Å². The minimum atomic E-state index is -0.207. The van der Waals surface area contributed by atoms with Gasteiger partial charge in [-0.05, 0) is 18.5 Å². The summed E-state index contributed by atoms with van der Waals surface area (Å²) in [5.41, 5.74) is 1.10. The Kier molecular flexibility index (Phi) is 1.81. The summed E-state index contributed by atoms with van der Waals surface area (Å²) in [6.07, 6.45) is 0. The summed E-state index contributed by atoms with van der Waals surface area (Å²) >= 11 is 5.60. The van der Waals surface area contributed by atoms with Crippen LogP contribution in [0.3, 0.4) is 0 Å². The van der Waals surface area contributed by atoms with Crippen LogP contribution in [-0.2, 0) is 4.79 Å². The van der Waals surface area contributed by atoms with Gasteiger partial charge in [0.15, 0.2) is 6.61 Å². The topological polar surface area (TPSA) is 64.1 Å². The molecule has 6 heteroatoms. The van der Waals surface area contributed by atoms with E-state index >= 15 is 0 Å². The van der Waals surface area contributed by atoms with Crippen LogP contribution in [0.25, 0.3) is 0 Å². The first-order chi connectivity index (χ1) is 6.16. The van der Waals surface area contributed by atoms with E-state index in [1.807, 2.05) is 0 Å². The highest BCUT2D eigenvalue weighted by Gasteiger charge is 2.20. The summed E-state index contributed by atoms with van der Waals surface area (Å²) in [5.74, 6) is 0.124. The molecule has 0 saturated heterocycles. The molecule has 0 aliphatic carbocycles. The molecule has 13 heavy (non-hydrogen) atoms. The van der Waals surface area contributed by atoms with Gasteiger partial charge in [-0.25, -0.2) is 4.98 Å². The van der Waals surface area contributed by atoms with Gasteiger partial charge in [0, 0.05) is 0 Å². The molecule has 0 atom stereocenters. The highest BCUT2D eigenvalue weighted by Crippen LogP contribution is 2.28. The second kappa shape index (κ2) is 2.85. The average Bonchev–Trinajstić information content (AvgIpc) is 2.06. The SMILES string of the molecule is Cc1nc(Cl)nc2c1NC(=O)CO2. The number of nitrogens with one attached hydrogen (secondary N) is 1. The highest BCUT2D eigenvalue weighted by molar-refractivity contribution is 6.28. The largest absolute Gasteiger partial charge is 0.466 e.